The molecular weight excluding hydrogens is 220 g/mol. The van der Waals surface area contributed by atoms with Crippen LogP contribution in [0.5, 0.6) is 0 Å². The first-order valence-electron chi connectivity index (χ1n) is 5.76. The zero-order valence-electron chi connectivity index (χ0n) is 9.94. The van der Waals surface area contributed by atoms with Gasteiger partial charge in [-0.1, -0.05) is 0 Å². The molecule has 0 radical (unpaired) electrons. The summed E-state index contributed by atoms with van der Waals surface area (Å²) in [6.45, 7) is 1.69. The molecule has 1 aliphatic heterocycles. The van der Waals surface area contributed by atoms with Gasteiger partial charge in [0.15, 0.2) is 0 Å². The van der Waals surface area contributed by atoms with E-state index in [9.17, 15) is 5.11 Å². The van der Waals surface area contributed by atoms with E-state index in [0.29, 0.717) is 44.2 Å². The Labute approximate surface area is 100 Å². The summed E-state index contributed by atoms with van der Waals surface area (Å²) in [5.74, 6) is 1.37. The van der Waals surface area contributed by atoms with Gasteiger partial charge in [-0.15, -0.1) is 0 Å². The van der Waals surface area contributed by atoms with Crippen LogP contribution in [0.1, 0.15) is 12.8 Å². The van der Waals surface area contributed by atoms with Gasteiger partial charge in [-0.05, 0) is 0 Å². The van der Waals surface area contributed by atoms with Crippen molar-refractivity contribution in [1.29, 1.82) is 0 Å². The van der Waals surface area contributed by atoms with Gasteiger partial charge in [0.05, 0.1) is 18.0 Å². The number of anilines is 2. The van der Waals surface area contributed by atoms with Gasteiger partial charge >= 0.3 is 0 Å². The molecule has 1 aromatic heterocycles. The lowest BCUT2D eigenvalue weighted by atomic mass is 9.94. The van der Waals surface area contributed by atoms with Gasteiger partial charge in [-0.2, -0.15) is 0 Å². The van der Waals surface area contributed by atoms with Gasteiger partial charge in [0.2, 0.25) is 0 Å². The van der Waals surface area contributed by atoms with Crippen molar-refractivity contribution in [3.63, 3.8) is 0 Å². The lowest BCUT2D eigenvalue weighted by Crippen LogP contribution is -2.42. The Morgan fingerprint density at radius 2 is 2.06 bits per heavy atom. The number of hydrogen-bond donors (Lipinski definition) is 3. The molecule has 1 aliphatic rings. The van der Waals surface area contributed by atoms with E-state index >= 15 is 0 Å². The van der Waals surface area contributed by atoms with E-state index in [0.717, 1.165) is 0 Å². The zero-order valence-corrected chi connectivity index (χ0v) is 9.94. The maximum atomic E-state index is 10.3. The van der Waals surface area contributed by atoms with E-state index in [1.165, 1.54) is 0 Å². The maximum absolute atomic E-state index is 10.3. The molecule has 0 aromatic carbocycles. The summed E-state index contributed by atoms with van der Waals surface area (Å²) in [5, 5.41) is 16.3. The fourth-order valence-electron chi connectivity index (χ4n) is 1.75. The summed E-state index contributed by atoms with van der Waals surface area (Å²) < 4.78 is 5.23. The molecule has 6 heteroatoms. The normalized spacial score (nSPS) is 18.7. The smallest absolute Gasteiger partial charge is 0.147 e. The summed E-state index contributed by atoms with van der Waals surface area (Å²) >= 11 is 0. The van der Waals surface area contributed by atoms with Crippen LogP contribution in [0.25, 0.3) is 0 Å². The molecule has 2 rings (SSSR count). The third kappa shape index (κ3) is 3.28. The minimum Gasteiger partial charge on any atom is -0.388 e. The summed E-state index contributed by atoms with van der Waals surface area (Å²) in [4.78, 5) is 8.33. The number of aromatic nitrogens is 2. The third-order valence-corrected chi connectivity index (χ3v) is 2.91. The number of nitrogens with zero attached hydrogens (tertiary/aromatic N) is 2. The van der Waals surface area contributed by atoms with Crippen LogP contribution in [-0.2, 0) is 4.74 Å². The van der Waals surface area contributed by atoms with Crippen LogP contribution in [0.15, 0.2) is 12.4 Å². The number of rotatable bonds is 4. The van der Waals surface area contributed by atoms with Gasteiger partial charge in [0.1, 0.15) is 11.6 Å². The van der Waals surface area contributed by atoms with Crippen molar-refractivity contribution in [2.75, 3.05) is 37.4 Å². The average Bonchev–Trinajstić information content (AvgIpc) is 2.38. The van der Waals surface area contributed by atoms with Crippen LogP contribution in [0.4, 0.5) is 11.6 Å². The summed E-state index contributed by atoms with van der Waals surface area (Å²) in [5.41, 5.74) is -0.699. The second-order valence-electron chi connectivity index (χ2n) is 4.23. The third-order valence-electron chi connectivity index (χ3n) is 2.91. The molecule has 3 N–H and O–H groups in total. The van der Waals surface area contributed by atoms with Crippen molar-refractivity contribution in [3.05, 3.63) is 12.4 Å². The predicted octanol–water partition coefficient (Wildman–Crippen LogP) is 0.472. The number of ether oxygens (including phenoxy) is 1. The summed E-state index contributed by atoms with van der Waals surface area (Å²) in [7, 11) is 1.79. The lowest BCUT2D eigenvalue weighted by Gasteiger charge is -2.32. The van der Waals surface area contributed by atoms with Crippen molar-refractivity contribution in [1.82, 2.24) is 9.97 Å². The Kier molecular flexibility index (Phi) is 3.75. The highest BCUT2D eigenvalue weighted by Gasteiger charge is 2.29. The molecule has 0 atom stereocenters. The Hall–Kier alpha value is -1.40. The van der Waals surface area contributed by atoms with E-state index in [1.807, 2.05) is 0 Å². The van der Waals surface area contributed by atoms with Gasteiger partial charge in [0, 0.05) is 39.6 Å². The Morgan fingerprint density at radius 1 is 1.35 bits per heavy atom. The molecule has 0 unspecified atom stereocenters. The molecule has 1 fully saturated rings. The van der Waals surface area contributed by atoms with Gasteiger partial charge in [0.25, 0.3) is 0 Å². The van der Waals surface area contributed by atoms with Crippen molar-refractivity contribution in [2.45, 2.75) is 18.4 Å². The van der Waals surface area contributed by atoms with E-state index < -0.39 is 5.60 Å². The zero-order chi connectivity index (χ0) is 12.1. The van der Waals surface area contributed by atoms with E-state index in [4.69, 9.17) is 4.74 Å². The molecule has 6 nitrogen and oxygen atoms in total. The molecule has 0 bridgehead atoms. The Balaban J connectivity index is 1.92. The molecule has 0 saturated carbocycles. The molecule has 17 heavy (non-hydrogen) atoms. The molecule has 0 spiro atoms. The molecular formula is C11H18N4O2. The van der Waals surface area contributed by atoms with Gasteiger partial charge in [-0.3, -0.25) is 4.98 Å². The Bertz CT molecular complexity index is 366. The summed E-state index contributed by atoms with van der Waals surface area (Å²) in [6, 6.07) is 0. The molecule has 1 aromatic rings. The first-order chi connectivity index (χ1) is 8.22. The monoisotopic (exact) mass is 238 g/mol. The van der Waals surface area contributed by atoms with Gasteiger partial charge < -0.3 is 20.5 Å². The summed E-state index contributed by atoms with van der Waals surface area (Å²) in [6.07, 6.45) is 4.59. The number of hydrogen-bond acceptors (Lipinski definition) is 6. The van der Waals surface area contributed by atoms with E-state index in [-0.39, 0.29) is 0 Å². The Morgan fingerprint density at radius 3 is 2.76 bits per heavy atom. The predicted molar refractivity (Wildman–Crippen MR) is 65.1 cm³/mol. The van der Waals surface area contributed by atoms with Crippen LogP contribution in [-0.4, -0.2) is 47.5 Å². The minimum atomic E-state index is -0.699. The van der Waals surface area contributed by atoms with E-state index in [1.54, 1.807) is 19.4 Å². The first-order valence-corrected chi connectivity index (χ1v) is 5.76. The highest BCUT2D eigenvalue weighted by molar-refractivity contribution is 5.41. The quantitative estimate of drug-likeness (QED) is 0.707. The topological polar surface area (TPSA) is 79.3 Å². The van der Waals surface area contributed by atoms with Crippen molar-refractivity contribution in [2.24, 2.45) is 0 Å². The lowest BCUT2D eigenvalue weighted by molar-refractivity contribution is -0.0543. The SMILES string of the molecule is CNc1cncc(NCC2(O)CCOCC2)n1. The molecule has 94 valence electrons. The van der Waals surface area contributed by atoms with Crippen LogP contribution < -0.4 is 10.6 Å². The largest absolute Gasteiger partial charge is 0.388 e. The fraction of sp³-hybridized carbons (Fsp3) is 0.636. The first kappa shape index (κ1) is 12.1. The highest BCUT2D eigenvalue weighted by Crippen LogP contribution is 2.20. The molecule has 2 heterocycles. The molecule has 0 aliphatic carbocycles. The number of nitrogens with one attached hydrogen (secondary N) is 2. The standard InChI is InChI=1S/C11H18N4O2/c1-12-9-6-13-7-10(15-9)14-8-11(16)2-4-17-5-3-11/h6-7,16H,2-5,8H2,1H3,(H2,12,14,15). The van der Waals surface area contributed by atoms with Crippen LogP contribution in [0, 0.1) is 0 Å². The van der Waals surface area contributed by atoms with Crippen LogP contribution in [0.2, 0.25) is 0 Å². The minimum absolute atomic E-state index is 0.470. The molecule has 1 saturated heterocycles. The highest BCUT2D eigenvalue weighted by atomic mass is 16.5. The van der Waals surface area contributed by atoms with Crippen molar-refractivity contribution >= 4 is 11.6 Å². The van der Waals surface area contributed by atoms with Crippen molar-refractivity contribution < 1.29 is 9.84 Å². The van der Waals surface area contributed by atoms with Crippen LogP contribution >= 0.6 is 0 Å². The van der Waals surface area contributed by atoms with Crippen LogP contribution in [0.3, 0.4) is 0 Å². The second kappa shape index (κ2) is 5.29. The maximum Gasteiger partial charge on any atom is 0.147 e. The fourth-order valence-corrected chi connectivity index (χ4v) is 1.75. The molecule has 0 amide bonds. The number of aliphatic hydroxyl groups is 1. The van der Waals surface area contributed by atoms with Crippen molar-refractivity contribution in [3.8, 4) is 0 Å². The second-order valence-corrected chi connectivity index (χ2v) is 4.23. The van der Waals surface area contributed by atoms with E-state index in [2.05, 4.69) is 20.6 Å². The van der Waals surface area contributed by atoms with Gasteiger partial charge in [-0.25, -0.2) is 4.98 Å². The average molecular weight is 238 g/mol.